The molecule has 1 aliphatic carbocycles. The molecule has 1 heterocycles. The smallest absolute Gasteiger partial charge is 0.138 e. The fraction of sp³-hybridized carbons (Fsp3) is 0.833. The third kappa shape index (κ3) is 4.09. The van der Waals surface area contributed by atoms with Gasteiger partial charge in [-0.1, -0.05) is 25.9 Å². The van der Waals surface area contributed by atoms with E-state index in [1.165, 1.54) is 31.2 Å². The van der Waals surface area contributed by atoms with E-state index >= 15 is 0 Å². The quantitative estimate of drug-likeness (QED) is 0.866. The monoisotopic (exact) mass is 292 g/mol. The molecule has 21 heavy (non-hydrogen) atoms. The Bertz CT molecular complexity index is 431. The van der Waals surface area contributed by atoms with Crippen molar-refractivity contribution in [2.75, 3.05) is 6.54 Å². The Hall–Kier alpha value is -0.830. The Kier molecular flexibility index (Phi) is 5.13. The molecule has 0 aromatic carbocycles. The molecule has 0 radical (unpaired) electrons. The summed E-state index contributed by atoms with van der Waals surface area (Å²) in [6.07, 6.45) is 5.50. The highest BCUT2D eigenvalue weighted by Crippen LogP contribution is 2.39. The summed E-state index contributed by atoms with van der Waals surface area (Å²) in [5.41, 5.74) is 2.73. The number of hydrogen-bond acceptors (Lipinski definition) is 3. The molecule has 1 N–H and O–H groups in total. The zero-order valence-corrected chi connectivity index (χ0v) is 14.6. The second-order valence-corrected chi connectivity index (χ2v) is 7.95. The summed E-state index contributed by atoms with van der Waals surface area (Å²) in [4.78, 5) is 0. The molecule has 0 bridgehead atoms. The molecule has 1 atom stereocenters. The maximum atomic E-state index is 5.27. The van der Waals surface area contributed by atoms with Crippen molar-refractivity contribution < 1.29 is 4.52 Å². The molecule has 1 unspecified atom stereocenters. The Morgan fingerprint density at radius 2 is 1.81 bits per heavy atom. The van der Waals surface area contributed by atoms with Crippen LogP contribution in [-0.4, -0.2) is 11.7 Å². The lowest BCUT2D eigenvalue weighted by molar-refractivity contribution is 0.148. The van der Waals surface area contributed by atoms with E-state index in [1.807, 2.05) is 13.8 Å². The van der Waals surface area contributed by atoms with Gasteiger partial charge >= 0.3 is 0 Å². The topological polar surface area (TPSA) is 38.1 Å². The average molecular weight is 292 g/mol. The zero-order valence-electron chi connectivity index (χ0n) is 14.6. The highest BCUT2D eigenvalue weighted by atomic mass is 16.5. The fourth-order valence-corrected chi connectivity index (χ4v) is 3.79. The van der Waals surface area contributed by atoms with E-state index in [0.29, 0.717) is 11.5 Å². The third-order valence-corrected chi connectivity index (χ3v) is 5.31. The molecule has 0 saturated heterocycles. The van der Waals surface area contributed by atoms with Gasteiger partial charge < -0.3 is 9.84 Å². The van der Waals surface area contributed by atoms with Crippen LogP contribution in [-0.2, 0) is 0 Å². The molecular weight excluding hydrogens is 260 g/mol. The van der Waals surface area contributed by atoms with Gasteiger partial charge in [-0.25, -0.2) is 0 Å². The van der Waals surface area contributed by atoms with Gasteiger partial charge in [-0.2, -0.15) is 0 Å². The molecule has 1 aromatic rings. The molecule has 1 fully saturated rings. The van der Waals surface area contributed by atoms with Gasteiger partial charge in [0.15, 0.2) is 0 Å². The second-order valence-electron chi connectivity index (χ2n) is 7.95. The maximum Gasteiger partial charge on any atom is 0.138 e. The van der Waals surface area contributed by atoms with Crippen molar-refractivity contribution >= 4 is 0 Å². The summed E-state index contributed by atoms with van der Waals surface area (Å²) < 4.78 is 5.27. The standard InChI is InChI=1S/C18H32N2O/c1-12(17-13(2)20-21-14(17)3)19-11-15-7-9-16(10-8-15)18(4,5)6/h12,15-16,19H,7-11H2,1-6H3. The van der Waals surface area contributed by atoms with Crippen molar-refractivity contribution in [1.29, 1.82) is 0 Å². The third-order valence-electron chi connectivity index (χ3n) is 5.31. The summed E-state index contributed by atoms with van der Waals surface area (Å²) in [6.45, 7) is 14.5. The predicted molar refractivity (Wildman–Crippen MR) is 87.3 cm³/mol. The van der Waals surface area contributed by atoms with Gasteiger partial charge in [0.1, 0.15) is 5.76 Å². The number of aryl methyl sites for hydroxylation is 2. The van der Waals surface area contributed by atoms with Crippen LogP contribution in [0.1, 0.15) is 76.4 Å². The second kappa shape index (κ2) is 6.51. The van der Waals surface area contributed by atoms with Gasteiger partial charge in [0.2, 0.25) is 0 Å². The van der Waals surface area contributed by atoms with Crippen LogP contribution < -0.4 is 5.32 Å². The normalized spacial score (nSPS) is 25.0. The summed E-state index contributed by atoms with van der Waals surface area (Å²) in [7, 11) is 0. The minimum Gasteiger partial charge on any atom is -0.361 e. The van der Waals surface area contributed by atoms with Gasteiger partial charge in [-0.3, -0.25) is 0 Å². The van der Waals surface area contributed by atoms with Crippen LogP contribution in [0.25, 0.3) is 0 Å². The summed E-state index contributed by atoms with van der Waals surface area (Å²) in [5, 5.41) is 7.74. The molecule has 1 aliphatic rings. The molecule has 0 spiro atoms. The highest BCUT2D eigenvalue weighted by Gasteiger charge is 2.29. The summed E-state index contributed by atoms with van der Waals surface area (Å²) in [5.74, 6) is 2.67. The molecule has 3 nitrogen and oxygen atoms in total. The first-order chi connectivity index (χ1) is 9.79. The zero-order chi connectivity index (χ0) is 15.6. The lowest BCUT2D eigenvalue weighted by Gasteiger charge is -2.37. The minimum absolute atomic E-state index is 0.330. The predicted octanol–water partition coefficient (Wildman–Crippen LogP) is 4.79. The Balaban J connectivity index is 1.80. The molecule has 0 amide bonds. The van der Waals surface area contributed by atoms with E-state index in [1.54, 1.807) is 0 Å². The Morgan fingerprint density at radius 3 is 2.29 bits per heavy atom. The van der Waals surface area contributed by atoms with E-state index < -0.39 is 0 Å². The largest absolute Gasteiger partial charge is 0.361 e. The molecule has 0 aliphatic heterocycles. The first kappa shape index (κ1) is 16.5. The van der Waals surface area contributed by atoms with E-state index in [9.17, 15) is 0 Å². The number of aromatic nitrogens is 1. The molecule has 1 saturated carbocycles. The number of hydrogen-bond donors (Lipinski definition) is 1. The lowest BCUT2D eigenvalue weighted by Crippen LogP contribution is -2.32. The van der Waals surface area contributed by atoms with Crippen LogP contribution in [0.3, 0.4) is 0 Å². The van der Waals surface area contributed by atoms with Crippen LogP contribution in [0.15, 0.2) is 4.52 Å². The molecular formula is C18H32N2O. The van der Waals surface area contributed by atoms with E-state index in [4.69, 9.17) is 4.52 Å². The van der Waals surface area contributed by atoms with Crippen molar-refractivity contribution in [3.63, 3.8) is 0 Å². The van der Waals surface area contributed by atoms with Crippen molar-refractivity contribution in [2.45, 2.75) is 73.3 Å². The minimum atomic E-state index is 0.330. The van der Waals surface area contributed by atoms with Crippen LogP contribution in [0.4, 0.5) is 0 Å². The van der Waals surface area contributed by atoms with E-state index in [0.717, 1.165) is 29.8 Å². The van der Waals surface area contributed by atoms with Gasteiger partial charge in [-0.05, 0) is 70.3 Å². The van der Waals surface area contributed by atoms with Crippen LogP contribution >= 0.6 is 0 Å². The Labute approximate surface area is 129 Å². The molecule has 1 aromatic heterocycles. The van der Waals surface area contributed by atoms with Gasteiger partial charge in [-0.15, -0.1) is 0 Å². The van der Waals surface area contributed by atoms with Crippen molar-refractivity contribution in [3.8, 4) is 0 Å². The van der Waals surface area contributed by atoms with E-state index in [-0.39, 0.29) is 0 Å². The van der Waals surface area contributed by atoms with Gasteiger partial charge in [0, 0.05) is 11.6 Å². The molecule has 3 heteroatoms. The summed E-state index contributed by atoms with van der Waals surface area (Å²) in [6, 6.07) is 0.330. The fourth-order valence-electron chi connectivity index (χ4n) is 3.79. The van der Waals surface area contributed by atoms with E-state index in [2.05, 4.69) is 38.2 Å². The first-order valence-electron chi connectivity index (χ1n) is 8.45. The van der Waals surface area contributed by atoms with Gasteiger partial charge in [0.25, 0.3) is 0 Å². The SMILES string of the molecule is Cc1noc(C)c1C(C)NCC1CCC(C(C)(C)C)CC1. The number of nitrogens with one attached hydrogen (secondary N) is 1. The summed E-state index contributed by atoms with van der Waals surface area (Å²) >= 11 is 0. The average Bonchev–Trinajstić information content (AvgIpc) is 2.75. The number of nitrogens with zero attached hydrogens (tertiary/aromatic N) is 1. The maximum absolute atomic E-state index is 5.27. The van der Waals surface area contributed by atoms with Crippen LogP contribution in [0.5, 0.6) is 0 Å². The van der Waals surface area contributed by atoms with Crippen LogP contribution in [0, 0.1) is 31.1 Å². The van der Waals surface area contributed by atoms with Crippen molar-refractivity contribution in [1.82, 2.24) is 10.5 Å². The van der Waals surface area contributed by atoms with Crippen LogP contribution in [0.2, 0.25) is 0 Å². The van der Waals surface area contributed by atoms with Crippen molar-refractivity contribution in [2.24, 2.45) is 17.3 Å². The number of rotatable bonds is 4. The van der Waals surface area contributed by atoms with Gasteiger partial charge in [0.05, 0.1) is 5.69 Å². The lowest BCUT2D eigenvalue weighted by atomic mass is 9.70. The highest BCUT2D eigenvalue weighted by molar-refractivity contribution is 5.24. The molecule has 120 valence electrons. The first-order valence-corrected chi connectivity index (χ1v) is 8.45. The molecule has 2 rings (SSSR count). The van der Waals surface area contributed by atoms with Crippen molar-refractivity contribution in [3.05, 3.63) is 17.0 Å². The Morgan fingerprint density at radius 1 is 1.19 bits per heavy atom.